The van der Waals surface area contributed by atoms with Crippen molar-refractivity contribution in [2.24, 2.45) is 5.92 Å². The van der Waals surface area contributed by atoms with Crippen LogP contribution in [0.1, 0.15) is 66.9 Å². The Balaban J connectivity index is 2.17. The molecule has 0 aliphatic heterocycles. The summed E-state index contributed by atoms with van der Waals surface area (Å²) < 4.78 is 10.8. The number of benzene rings is 1. The van der Waals surface area contributed by atoms with E-state index >= 15 is 0 Å². The molecule has 1 aromatic heterocycles. The van der Waals surface area contributed by atoms with Crippen LogP contribution in [0.3, 0.4) is 0 Å². The van der Waals surface area contributed by atoms with Gasteiger partial charge in [-0.15, -0.1) is 4.90 Å². The molecule has 0 saturated carbocycles. The Morgan fingerprint density at radius 1 is 1.00 bits per heavy atom. The molecule has 38 heavy (non-hydrogen) atoms. The largest absolute Gasteiger partial charge is 0.443 e. The van der Waals surface area contributed by atoms with Gasteiger partial charge in [0, 0.05) is 24.4 Å². The van der Waals surface area contributed by atoms with Gasteiger partial charge in [-0.25, -0.2) is 19.6 Å². The summed E-state index contributed by atoms with van der Waals surface area (Å²) in [6, 6.07) is 9.77. The third-order valence-corrected chi connectivity index (χ3v) is 5.07. The van der Waals surface area contributed by atoms with Crippen LogP contribution in [0.4, 0.5) is 15.5 Å². The summed E-state index contributed by atoms with van der Waals surface area (Å²) in [5.74, 6) is -0.125. The lowest BCUT2D eigenvalue weighted by Gasteiger charge is -2.27. The Bertz CT molecular complexity index is 1130. The number of anilines is 1. The highest BCUT2D eigenvalue weighted by molar-refractivity contribution is 6.08. The Labute approximate surface area is 224 Å². The molecular formula is C28H37N5O5. The number of amides is 3. The standard InChI is InChI=1S/C28H37N5O5/c1-19(15-23(34)30-14-13-29)11-12-20-9-8-10-21(16-20)22-17-31-24(32-18-22)33(25(35)37-27(2,3)4)26(36)38-28(5,6)7/h8-10,16-19H,11-12,14-15H2,1-7H3,(H,30,34). The lowest BCUT2D eigenvalue weighted by Crippen LogP contribution is -2.44. The number of carbonyl (C=O) groups excluding carboxylic acids is 3. The van der Waals surface area contributed by atoms with E-state index in [9.17, 15) is 14.4 Å². The predicted molar refractivity (Wildman–Crippen MR) is 143 cm³/mol. The Morgan fingerprint density at radius 2 is 1.58 bits per heavy atom. The highest BCUT2D eigenvalue weighted by Crippen LogP contribution is 2.24. The lowest BCUT2D eigenvalue weighted by atomic mass is 9.96. The number of hydrogen-bond acceptors (Lipinski definition) is 8. The van der Waals surface area contributed by atoms with Gasteiger partial charge >= 0.3 is 12.2 Å². The fourth-order valence-corrected chi connectivity index (χ4v) is 3.39. The van der Waals surface area contributed by atoms with Gasteiger partial charge in [-0.1, -0.05) is 31.2 Å². The van der Waals surface area contributed by atoms with Gasteiger partial charge in [0.2, 0.25) is 11.9 Å². The molecule has 3 amide bonds. The van der Waals surface area contributed by atoms with Crippen molar-refractivity contribution in [3.05, 3.63) is 42.2 Å². The molecular weight excluding hydrogens is 486 g/mol. The van der Waals surface area contributed by atoms with E-state index in [2.05, 4.69) is 15.3 Å². The van der Waals surface area contributed by atoms with E-state index < -0.39 is 23.4 Å². The number of ether oxygens (including phenoxy) is 2. The van der Waals surface area contributed by atoms with E-state index in [-0.39, 0.29) is 24.3 Å². The summed E-state index contributed by atoms with van der Waals surface area (Å²) in [4.78, 5) is 46.7. The van der Waals surface area contributed by atoms with Crippen LogP contribution in [0.25, 0.3) is 11.1 Å². The molecule has 10 nitrogen and oxygen atoms in total. The highest BCUT2D eigenvalue weighted by Gasteiger charge is 2.34. The molecule has 10 heteroatoms. The zero-order valence-corrected chi connectivity index (χ0v) is 23.2. The van der Waals surface area contributed by atoms with Crippen molar-refractivity contribution < 1.29 is 23.9 Å². The van der Waals surface area contributed by atoms with Crippen molar-refractivity contribution in [1.82, 2.24) is 15.3 Å². The van der Waals surface area contributed by atoms with Gasteiger partial charge in [0.1, 0.15) is 17.7 Å². The predicted octanol–water partition coefficient (Wildman–Crippen LogP) is 5.42. The minimum absolute atomic E-state index is 0.0156. The summed E-state index contributed by atoms with van der Waals surface area (Å²) in [6.45, 7) is 12.2. The summed E-state index contributed by atoms with van der Waals surface area (Å²) >= 11 is 0. The molecule has 1 atom stereocenters. The summed E-state index contributed by atoms with van der Waals surface area (Å²) in [6.07, 6.45) is 3.14. The molecule has 1 N–H and O–H groups in total. The van der Waals surface area contributed by atoms with Gasteiger partial charge in [-0.2, -0.15) is 5.26 Å². The normalized spacial score (nSPS) is 12.2. The van der Waals surface area contributed by atoms with Crippen LogP contribution in [0.5, 0.6) is 0 Å². The molecule has 0 spiro atoms. The van der Waals surface area contributed by atoms with Crippen LogP contribution < -0.4 is 10.2 Å². The molecule has 2 aromatic rings. The van der Waals surface area contributed by atoms with E-state index in [1.165, 1.54) is 12.4 Å². The maximum Gasteiger partial charge on any atom is 0.427 e. The quantitative estimate of drug-likeness (QED) is 0.453. The zero-order valence-electron chi connectivity index (χ0n) is 23.2. The summed E-state index contributed by atoms with van der Waals surface area (Å²) in [7, 11) is 0. The van der Waals surface area contributed by atoms with E-state index in [1.807, 2.05) is 37.3 Å². The first kappa shape index (κ1) is 30.2. The molecule has 0 fully saturated rings. The minimum Gasteiger partial charge on any atom is -0.443 e. The second-order valence-electron chi connectivity index (χ2n) is 11.1. The number of carbonyl (C=O) groups is 3. The van der Waals surface area contributed by atoms with Crippen molar-refractivity contribution >= 4 is 24.0 Å². The highest BCUT2D eigenvalue weighted by atomic mass is 16.6. The van der Waals surface area contributed by atoms with Gasteiger partial charge in [0.25, 0.3) is 0 Å². The Kier molecular flexibility index (Phi) is 10.3. The third kappa shape index (κ3) is 10.2. The molecule has 1 heterocycles. The molecule has 204 valence electrons. The number of rotatable bonds is 8. The average Bonchev–Trinajstić information content (AvgIpc) is 2.80. The molecule has 0 bridgehead atoms. The third-order valence-electron chi connectivity index (χ3n) is 5.07. The molecule has 0 aliphatic carbocycles. The number of hydrogen-bond donors (Lipinski definition) is 1. The second-order valence-corrected chi connectivity index (χ2v) is 11.1. The van der Waals surface area contributed by atoms with Crippen LogP contribution in [0.2, 0.25) is 0 Å². The molecule has 0 aliphatic rings. The summed E-state index contributed by atoms with van der Waals surface area (Å²) in [5.41, 5.74) is 0.980. The minimum atomic E-state index is -0.933. The van der Waals surface area contributed by atoms with Crippen LogP contribution in [0.15, 0.2) is 36.7 Å². The number of nitriles is 1. The lowest BCUT2D eigenvalue weighted by molar-refractivity contribution is -0.121. The molecule has 0 radical (unpaired) electrons. The zero-order chi connectivity index (χ0) is 28.5. The maximum absolute atomic E-state index is 12.8. The number of aryl methyl sites for hydroxylation is 1. The maximum atomic E-state index is 12.8. The SMILES string of the molecule is CC(CCc1cccc(-c2cnc(N(C(=O)OC(C)(C)C)C(=O)OC(C)(C)C)nc2)c1)CC(=O)NCC#N. The van der Waals surface area contributed by atoms with Crippen LogP contribution in [0, 0.1) is 17.2 Å². The van der Waals surface area contributed by atoms with Crippen LogP contribution >= 0.6 is 0 Å². The van der Waals surface area contributed by atoms with E-state index in [0.29, 0.717) is 16.9 Å². The smallest absolute Gasteiger partial charge is 0.427 e. The van der Waals surface area contributed by atoms with Crippen molar-refractivity contribution in [3.63, 3.8) is 0 Å². The average molecular weight is 524 g/mol. The number of imide groups is 1. The number of nitrogens with zero attached hydrogens (tertiary/aromatic N) is 4. The van der Waals surface area contributed by atoms with Crippen molar-refractivity contribution in [1.29, 1.82) is 5.26 Å². The second kappa shape index (κ2) is 13.0. The van der Waals surface area contributed by atoms with Crippen molar-refractivity contribution in [3.8, 4) is 17.2 Å². The monoisotopic (exact) mass is 523 g/mol. The van der Waals surface area contributed by atoms with Crippen molar-refractivity contribution in [2.75, 3.05) is 11.4 Å². The first-order chi connectivity index (χ1) is 17.7. The van der Waals surface area contributed by atoms with Crippen LogP contribution in [-0.2, 0) is 20.7 Å². The van der Waals surface area contributed by atoms with E-state index in [1.54, 1.807) is 41.5 Å². The first-order valence-corrected chi connectivity index (χ1v) is 12.5. The molecule has 1 unspecified atom stereocenters. The summed E-state index contributed by atoms with van der Waals surface area (Å²) in [5, 5.41) is 11.1. The first-order valence-electron chi connectivity index (χ1n) is 12.5. The molecule has 2 rings (SSSR count). The van der Waals surface area contributed by atoms with Crippen LogP contribution in [-0.4, -0.2) is 45.8 Å². The number of aromatic nitrogens is 2. The molecule has 1 aromatic carbocycles. The van der Waals surface area contributed by atoms with Gasteiger partial charge in [-0.3, -0.25) is 4.79 Å². The van der Waals surface area contributed by atoms with E-state index in [0.717, 1.165) is 24.0 Å². The Morgan fingerprint density at radius 3 is 2.11 bits per heavy atom. The Hall–Kier alpha value is -4.00. The van der Waals surface area contributed by atoms with Gasteiger partial charge < -0.3 is 14.8 Å². The van der Waals surface area contributed by atoms with Gasteiger partial charge in [0.15, 0.2) is 0 Å². The van der Waals surface area contributed by atoms with Gasteiger partial charge in [0.05, 0.1) is 6.07 Å². The van der Waals surface area contributed by atoms with Crippen molar-refractivity contribution in [2.45, 2.75) is 78.9 Å². The molecule has 0 saturated heterocycles. The van der Waals surface area contributed by atoms with E-state index in [4.69, 9.17) is 14.7 Å². The number of nitrogens with one attached hydrogen (secondary N) is 1. The fraction of sp³-hybridized carbons (Fsp3) is 0.500. The topological polar surface area (TPSA) is 135 Å². The fourth-order valence-electron chi connectivity index (χ4n) is 3.39. The van der Waals surface area contributed by atoms with Gasteiger partial charge in [-0.05, 0) is 71.4 Å².